The molecule has 0 amide bonds. The highest BCUT2D eigenvalue weighted by Gasteiger charge is 2.35. The van der Waals surface area contributed by atoms with E-state index in [-0.39, 0.29) is 0 Å². The molecule has 19 heavy (non-hydrogen) atoms. The van der Waals surface area contributed by atoms with Crippen LogP contribution in [-0.4, -0.2) is 36.6 Å². The average molecular weight is 364 g/mol. The summed E-state index contributed by atoms with van der Waals surface area (Å²) in [5.41, 5.74) is 1.06. The Labute approximate surface area is 132 Å². The summed E-state index contributed by atoms with van der Waals surface area (Å²) in [6.45, 7) is 5.69. The molecule has 5 heteroatoms. The van der Waals surface area contributed by atoms with Crippen molar-refractivity contribution in [1.29, 1.82) is 0 Å². The summed E-state index contributed by atoms with van der Waals surface area (Å²) in [6, 6.07) is 5.20. The summed E-state index contributed by atoms with van der Waals surface area (Å²) in [5, 5.41) is 1.27. The molecular weight excluding hydrogens is 347 g/mol. The van der Waals surface area contributed by atoms with E-state index in [0.29, 0.717) is 22.1 Å². The number of fused-ring (bicyclic) bond motifs is 1. The van der Waals surface area contributed by atoms with Gasteiger partial charge in [-0.2, -0.15) is 0 Å². The molecular formula is C14H17BrCl2N2. The maximum absolute atomic E-state index is 6.42. The van der Waals surface area contributed by atoms with E-state index < -0.39 is 0 Å². The monoisotopic (exact) mass is 362 g/mol. The molecule has 1 aromatic rings. The summed E-state index contributed by atoms with van der Waals surface area (Å²) in [6.07, 6.45) is 2.62. The fourth-order valence-electron chi connectivity index (χ4n) is 3.26. The van der Waals surface area contributed by atoms with Gasteiger partial charge in [0.1, 0.15) is 0 Å². The number of hydrogen-bond donors (Lipinski definition) is 0. The van der Waals surface area contributed by atoms with Crippen molar-refractivity contribution in [2.45, 2.75) is 31.8 Å². The molecule has 1 aromatic carbocycles. The number of piperazine rings is 1. The van der Waals surface area contributed by atoms with E-state index in [1.807, 2.05) is 6.07 Å². The van der Waals surface area contributed by atoms with Crippen molar-refractivity contribution in [2.24, 2.45) is 0 Å². The zero-order valence-electron chi connectivity index (χ0n) is 10.9. The maximum Gasteiger partial charge on any atom is 0.0837 e. The van der Waals surface area contributed by atoms with Gasteiger partial charge in [-0.05, 0) is 54.4 Å². The molecule has 2 atom stereocenters. The van der Waals surface area contributed by atoms with Crippen LogP contribution in [0.3, 0.4) is 0 Å². The van der Waals surface area contributed by atoms with Crippen LogP contribution in [0.25, 0.3) is 0 Å². The highest BCUT2D eigenvalue weighted by molar-refractivity contribution is 9.10. The molecule has 0 saturated carbocycles. The molecule has 0 N–H and O–H groups in total. The quantitative estimate of drug-likeness (QED) is 0.681. The van der Waals surface area contributed by atoms with Crippen molar-refractivity contribution in [3.63, 3.8) is 0 Å². The first kappa shape index (κ1) is 14.0. The minimum Gasteiger partial charge on any atom is -0.365 e. The third kappa shape index (κ3) is 2.51. The molecule has 0 radical (unpaired) electrons. The predicted octanol–water partition coefficient (Wildman–Crippen LogP) is 4.43. The third-order valence-corrected chi connectivity index (χ3v) is 6.02. The number of hydrogen-bond acceptors (Lipinski definition) is 2. The van der Waals surface area contributed by atoms with Gasteiger partial charge in [-0.25, -0.2) is 0 Å². The van der Waals surface area contributed by atoms with Crippen LogP contribution in [-0.2, 0) is 0 Å². The van der Waals surface area contributed by atoms with Crippen molar-refractivity contribution < 1.29 is 0 Å². The second-order valence-corrected chi connectivity index (χ2v) is 7.10. The van der Waals surface area contributed by atoms with Crippen molar-refractivity contribution in [1.82, 2.24) is 4.90 Å². The highest BCUT2D eigenvalue weighted by Crippen LogP contribution is 2.40. The van der Waals surface area contributed by atoms with Gasteiger partial charge in [0.15, 0.2) is 0 Å². The Morgan fingerprint density at radius 2 is 2.00 bits per heavy atom. The fourth-order valence-corrected chi connectivity index (χ4v) is 4.14. The maximum atomic E-state index is 6.42. The Bertz CT molecular complexity index is 495. The Morgan fingerprint density at radius 3 is 2.79 bits per heavy atom. The largest absolute Gasteiger partial charge is 0.365 e. The third-order valence-electron chi connectivity index (χ3n) is 4.26. The van der Waals surface area contributed by atoms with E-state index in [1.165, 1.54) is 19.4 Å². The lowest BCUT2D eigenvalue weighted by molar-refractivity contribution is 0.203. The Balaban J connectivity index is 1.91. The van der Waals surface area contributed by atoms with Crippen LogP contribution < -0.4 is 4.90 Å². The average Bonchev–Trinajstić information content (AvgIpc) is 2.83. The molecule has 104 valence electrons. The Hall–Kier alpha value is 0.0400. The van der Waals surface area contributed by atoms with Gasteiger partial charge in [-0.3, -0.25) is 4.90 Å². The van der Waals surface area contributed by atoms with Gasteiger partial charge in [0.25, 0.3) is 0 Å². The van der Waals surface area contributed by atoms with Gasteiger partial charge in [0.05, 0.1) is 15.7 Å². The van der Waals surface area contributed by atoms with Crippen LogP contribution in [0.1, 0.15) is 19.8 Å². The molecule has 2 saturated heterocycles. The zero-order valence-corrected chi connectivity index (χ0v) is 14.0. The molecule has 0 bridgehead atoms. The van der Waals surface area contributed by atoms with Gasteiger partial charge in [0.2, 0.25) is 0 Å². The van der Waals surface area contributed by atoms with Gasteiger partial charge in [0, 0.05) is 29.6 Å². The molecule has 2 heterocycles. The smallest absolute Gasteiger partial charge is 0.0837 e. The summed E-state index contributed by atoms with van der Waals surface area (Å²) in [5.74, 6) is 0. The molecule has 0 aliphatic carbocycles. The molecule has 2 aliphatic heterocycles. The van der Waals surface area contributed by atoms with Crippen LogP contribution >= 0.6 is 39.1 Å². The standard InChI is InChI=1S/C14H17BrCl2N2/c1-9-7-18-6-2-3-10(18)8-19(9)12-5-4-11(15)13(16)14(12)17/h4-5,9-10H,2-3,6-8H2,1H3. The van der Waals surface area contributed by atoms with Crippen LogP contribution in [0, 0.1) is 0 Å². The van der Waals surface area contributed by atoms with Crippen molar-refractivity contribution in [2.75, 3.05) is 24.5 Å². The first-order chi connectivity index (χ1) is 9.08. The fraction of sp³-hybridized carbons (Fsp3) is 0.571. The van der Waals surface area contributed by atoms with Gasteiger partial charge in [-0.1, -0.05) is 23.2 Å². The minimum atomic E-state index is 0.476. The van der Waals surface area contributed by atoms with Gasteiger partial charge < -0.3 is 4.90 Å². The molecule has 2 aliphatic rings. The molecule has 0 aromatic heterocycles. The second-order valence-electron chi connectivity index (χ2n) is 5.49. The van der Waals surface area contributed by atoms with Crippen molar-refractivity contribution >= 4 is 44.8 Å². The molecule has 3 rings (SSSR count). The van der Waals surface area contributed by atoms with Crippen molar-refractivity contribution in [3.8, 4) is 0 Å². The molecule has 2 nitrogen and oxygen atoms in total. The van der Waals surface area contributed by atoms with E-state index in [9.17, 15) is 0 Å². The van der Waals surface area contributed by atoms with Crippen LogP contribution in [0.15, 0.2) is 16.6 Å². The number of halogens is 3. The SMILES string of the molecule is CC1CN2CCCC2CN1c1ccc(Br)c(Cl)c1Cl. The first-order valence-electron chi connectivity index (χ1n) is 6.72. The number of anilines is 1. The van der Waals surface area contributed by atoms with Gasteiger partial charge in [-0.15, -0.1) is 0 Å². The van der Waals surface area contributed by atoms with E-state index in [0.717, 1.165) is 23.2 Å². The van der Waals surface area contributed by atoms with E-state index in [2.05, 4.69) is 38.7 Å². The lowest BCUT2D eigenvalue weighted by Gasteiger charge is -2.44. The second kappa shape index (κ2) is 5.44. The lowest BCUT2D eigenvalue weighted by atomic mass is 10.1. The van der Waals surface area contributed by atoms with Crippen LogP contribution in [0.4, 0.5) is 5.69 Å². The highest BCUT2D eigenvalue weighted by atomic mass is 79.9. The van der Waals surface area contributed by atoms with Crippen LogP contribution in [0.2, 0.25) is 10.0 Å². The first-order valence-corrected chi connectivity index (χ1v) is 8.27. The van der Waals surface area contributed by atoms with E-state index in [4.69, 9.17) is 23.2 Å². The number of nitrogens with zero attached hydrogens (tertiary/aromatic N) is 2. The Morgan fingerprint density at radius 1 is 1.21 bits per heavy atom. The van der Waals surface area contributed by atoms with Crippen molar-refractivity contribution in [3.05, 3.63) is 26.7 Å². The van der Waals surface area contributed by atoms with E-state index >= 15 is 0 Å². The summed E-state index contributed by atoms with van der Waals surface area (Å²) in [7, 11) is 0. The summed E-state index contributed by atoms with van der Waals surface area (Å²) < 4.78 is 0.857. The molecule has 0 spiro atoms. The normalized spacial score (nSPS) is 27.7. The molecule has 2 unspecified atom stereocenters. The van der Waals surface area contributed by atoms with E-state index in [1.54, 1.807) is 0 Å². The topological polar surface area (TPSA) is 6.48 Å². The molecule has 2 fully saturated rings. The summed E-state index contributed by atoms with van der Waals surface area (Å²) in [4.78, 5) is 5.02. The van der Waals surface area contributed by atoms with Crippen LogP contribution in [0.5, 0.6) is 0 Å². The zero-order chi connectivity index (χ0) is 13.6. The minimum absolute atomic E-state index is 0.476. The predicted molar refractivity (Wildman–Crippen MR) is 85.6 cm³/mol. The Kier molecular flexibility index (Phi) is 4.01. The number of benzene rings is 1. The van der Waals surface area contributed by atoms with Gasteiger partial charge >= 0.3 is 0 Å². The number of rotatable bonds is 1. The lowest BCUT2D eigenvalue weighted by Crippen LogP contribution is -2.55. The summed E-state index contributed by atoms with van der Waals surface area (Å²) >= 11 is 16.1.